The second kappa shape index (κ2) is 5.95. The minimum Gasteiger partial charge on any atom is -0.330 e. The number of carbonyl (C=O) groups excluding carboxylic acids is 1. The molecule has 0 aromatic heterocycles. The summed E-state index contributed by atoms with van der Waals surface area (Å²) in [5, 5.41) is 0.244. The number of hydrogen-bond donors (Lipinski definition) is 1. The SMILES string of the molecule is NCCc1ccccc1C(=O)c1cc(F)ccc1Cl. The molecule has 2 aromatic rings. The zero-order valence-corrected chi connectivity index (χ0v) is 11.0. The van der Waals surface area contributed by atoms with Crippen molar-refractivity contribution in [1.29, 1.82) is 0 Å². The summed E-state index contributed by atoms with van der Waals surface area (Å²) in [7, 11) is 0. The highest BCUT2D eigenvalue weighted by Gasteiger charge is 2.16. The second-order valence-corrected chi connectivity index (χ2v) is 4.56. The molecule has 0 saturated heterocycles. The number of halogens is 2. The van der Waals surface area contributed by atoms with E-state index in [9.17, 15) is 9.18 Å². The van der Waals surface area contributed by atoms with Gasteiger partial charge in [0.05, 0.1) is 5.02 Å². The van der Waals surface area contributed by atoms with Crippen LogP contribution in [0.3, 0.4) is 0 Å². The lowest BCUT2D eigenvalue weighted by atomic mass is 9.96. The lowest BCUT2D eigenvalue weighted by molar-refractivity contribution is 0.103. The molecule has 0 radical (unpaired) electrons. The monoisotopic (exact) mass is 277 g/mol. The van der Waals surface area contributed by atoms with E-state index < -0.39 is 5.82 Å². The maximum absolute atomic E-state index is 13.2. The fraction of sp³-hybridized carbons (Fsp3) is 0.133. The van der Waals surface area contributed by atoms with Crippen molar-refractivity contribution in [3.8, 4) is 0 Å². The predicted molar refractivity (Wildman–Crippen MR) is 74.0 cm³/mol. The van der Waals surface area contributed by atoms with E-state index in [0.717, 1.165) is 11.6 Å². The number of hydrogen-bond acceptors (Lipinski definition) is 2. The molecule has 19 heavy (non-hydrogen) atoms. The number of ketones is 1. The molecule has 98 valence electrons. The van der Waals surface area contributed by atoms with Crippen molar-refractivity contribution in [2.24, 2.45) is 5.73 Å². The van der Waals surface area contributed by atoms with Crippen molar-refractivity contribution < 1.29 is 9.18 Å². The average Bonchev–Trinajstić information content (AvgIpc) is 2.42. The molecule has 0 spiro atoms. The van der Waals surface area contributed by atoms with E-state index in [-0.39, 0.29) is 16.4 Å². The van der Waals surface area contributed by atoms with Gasteiger partial charge in [-0.25, -0.2) is 4.39 Å². The topological polar surface area (TPSA) is 43.1 Å². The van der Waals surface area contributed by atoms with Gasteiger partial charge in [-0.05, 0) is 36.7 Å². The third-order valence-corrected chi connectivity index (χ3v) is 3.18. The molecule has 0 heterocycles. The van der Waals surface area contributed by atoms with Crippen LogP contribution in [-0.4, -0.2) is 12.3 Å². The van der Waals surface area contributed by atoms with E-state index in [1.165, 1.54) is 12.1 Å². The number of nitrogens with two attached hydrogens (primary N) is 1. The van der Waals surface area contributed by atoms with Crippen molar-refractivity contribution in [3.63, 3.8) is 0 Å². The molecule has 0 amide bonds. The van der Waals surface area contributed by atoms with Crippen LogP contribution in [0, 0.1) is 5.82 Å². The molecule has 2 aromatic carbocycles. The Morgan fingerprint density at radius 1 is 1.16 bits per heavy atom. The van der Waals surface area contributed by atoms with Gasteiger partial charge in [-0.1, -0.05) is 35.9 Å². The fourth-order valence-corrected chi connectivity index (χ4v) is 2.14. The molecule has 0 aliphatic rings. The summed E-state index contributed by atoms with van der Waals surface area (Å²) in [4.78, 5) is 12.4. The largest absolute Gasteiger partial charge is 0.330 e. The Labute approximate surface area is 116 Å². The van der Waals surface area contributed by atoms with Gasteiger partial charge in [0.1, 0.15) is 5.82 Å². The summed E-state index contributed by atoms with van der Waals surface area (Å²) in [6, 6.07) is 10.9. The Morgan fingerprint density at radius 3 is 2.63 bits per heavy atom. The number of benzene rings is 2. The van der Waals surface area contributed by atoms with E-state index >= 15 is 0 Å². The first kappa shape index (κ1) is 13.7. The minimum atomic E-state index is -0.482. The van der Waals surface area contributed by atoms with Crippen LogP contribution < -0.4 is 5.73 Å². The standard InChI is InChI=1S/C15H13ClFNO/c16-14-6-5-11(17)9-13(14)15(19)12-4-2-1-3-10(12)7-8-18/h1-6,9H,7-8,18H2. The summed E-state index contributed by atoms with van der Waals surface area (Å²) in [5.74, 6) is -0.766. The highest BCUT2D eigenvalue weighted by molar-refractivity contribution is 6.35. The smallest absolute Gasteiger partial charge is 0.194 e. The first-order chi connectivity index (χ1) is 9.13. The van der Waals surface area contributed by atoms with Crippen LogP contribution >= 0.6 is 11.6 Å². The van der Waals surface area contributed by atoms with Gasteiger partial charge in [0.25, 0.3) is 0 Å². The van der Waals surface area contributed by atoms with E-state index in [1.54, 1.807) is 12.1 Å². The van der Waals surface area contributed by atoms with Crippen LogP contribution in [-0.2, 0) is 6.42 Å². The Kier molecular flexibility index (Phi) is 4.30. The van der Waals surface area contributed by atoms with E-state index in [2.05, 4.69) is 0 Å². The van der Waals surface area contributed by atoms with Crippen molar-refractivity contribution >= 4 is 17.4 Å². The molecule has 0 unspecified atom stereocenters. The van der Waals surface area contributed by atoms with Gasteiger partial charge in [-0.2, -0.15) is 0 Å². The number of carbonyl (C=O) groups is 1. The van der Waals surface area contributed by atoms with Crippen LogP contribution in [0.2, 0.25) is 5.02 Å². The fourth-order valence-electron chi connectivity index (χ4n) is 1.93. The van der Waals surface area contributed by atoms with Crippen molar-refractivity contribution in [1.82, 2.24) is 0 Å². The Bertz CT molecular complexity index is 613. The van der Waals surface area contributed by atoms with E-state index in [1.807, 2.05) is 12.1 Å². The molecule has 0 bridgehead atoms. The maximum atomic E-state index is 13.2. The molecule has 0 saturated carbocycles. The van der Waals surface area contributed by atoms with Crippen LogP contribution in [0.4, 0.5) is 4.39 Å². The molecule has 0 atom stereocenters. The first-order valence-electron chi connectivity index (χ1n) is 5.91. The van der Waals surface area contributed by atoms with Crippen LogP contribution in [0.25, 0.3) is 0 Å². The zero-order chi connectivity index (χ0) is 13.8. The van der Waals surface area contributed by atoms with Gasteiger partial charge in [0.15, 0.2) is 5.78 Å². The van der Waals surface area contributed by atoms with Gasteiger partial charge < -0.3 is 5.73 Å². The summed E-state index contributed by atoms with van der Waals surface area (Å²) < 4.78 is 13.2. The molecule has 2 nitrogen and oxygen atoms in total. The highest BCUT2D eigenvalue weighted by Crippen LogP contribution is 2.22. The molecule has 0 aliphatic carbocycles. The van der Waals surface area contributed by atoms with Crippen molar-refractivity contribution in [2.45, 2.75) is 6.42 Å². The van der Waals surface area contributed by atoms with Crippen molar-refractivity contribution in [3.05, 3.63) is 70.0 Å². The Morgan fingerprint density at radius 2 is 1.89 bits per heavy atom. The van der Waals surface area contributed by atoms with Gasteiger partial charge in [-0.15, -0.1) is 0 Å². The molecule has 2 rings (SSSR count). The van der Waals surface area contributed by atoms with Crippen LogP contribution in [0.1, 0.15) is 21.5 Å². The molecule has 2 N–H and O–H groups in total. The maximum Gasteiger partial charge on any atom is 0.194 e. The lowest BCUT2D eigenvalue weighted by Crippen LogP contribution is -2.10. The predicted octanol–water partition coefficient (Wildman–Crippen LogP) is 3.21. The van der Waals surface area contributed by atoms with Gasteiger partial charge >= 0.3 is 0 Å². The second-order valence-electron chi connectivity index (χ2n) is 4.15. The first-order valence-corrected chi connectivity index (χ1v) is 6.29. The molecule has 0 aliphatic heterocycles. The molecule has 0 fully saturated rings. The molecule has 4 heteroatoms. The minimum absolute atomic E-state index is 0.172. The molecular formula is C15H13ClFNO. The average molecular weight is 278 g/mol. The van der Waals surface area contributed by atoms with Crippen LogP contribution in [0.15, 0.2) is 42.5 Å². The third kappa shape index (κ3) is 3.00. The van der Waals surface area contributed by atoms with Gasteiger partial charge in [0.2, 0.25) is 0 Å². The summed E-state index contributed by atoms with van der Waals surface area (Å²) in [6.45, 7) is 0.446. The highest BCUT2D eigenvalue weighted by atomic mass is 35.5. The molecular weight excluding hydrogens is 265 g/mol. The summed E-state index contributed by atoms with van der Waals surface area (Å²) in [6.07, 6.45) is 0.592. The third-order valence-electron chi connectivity index (χ3n) is 2.85. The van der Waals surface area contributed by atoms with Crippen molar-refractivity contribution in [2.75, 3.05) is 6.54 Å². The summed E-state index contributed by atoms with van der Waals surface area (Å²) >= 11 is 5.96. The Hall–Kier alpha value is -1.71. The normalized spacial score (nSPS) is 10.5. The zero-order valence-electron chi connectivity index (χ0n) is 10.2. The summed E-state index contributed by atoms with van der Waals surface area (Å²) in [5.41, 5.74) is 7.05. The van der Waals surface area contributed by atoms with Gasteiger partial charge in [-0.3, -0.25) is 4.79 Å². The quantitative estimate of drug-likeness (QED) is 0.872. The van der Waals surface area contributed by atoms with Gasteiger partial charge in [0, 0.05) is 11.1 Å². The van der Waals surface area contributed by atoms with Crippen LogP contribution in [0.5, 0.6) is 0 Å². The number of rotatable bonds is 4. The lowest BCUT2D eigenvalue weighted by Gasteiger charge is -2.09. The van der Waals surface area contributed by atoms with E-state index in [0.29, 0.717) is 18.5 Å². The Balaban J connectivity index is 2.47. The van der Waals surface area contributed by atoms with E-state index in [4.69, 9.17) is 17.3 Å².